The molecule has 0 spiro atoms. The highest BCUT2D eigenvalue weighted by molar-refractivity contribution is 5.32. The van der Waals surface area contributed by atoms with Crippen LogP contribution in [0.15, 0.2) is 30.3 Å². The number of rotatable bonds is 1. The van der Waals surface area contributed by atoms with Gasteiger partial charge in [0.15, 0.2) is 0 Å². The van der Waals surface area contributed by atoms with Crippen molar-refractivity contribution in [1.29, 1.82) is 0 Å². The maximum Gasteiger partial charge on any atom is 0.290 e. The fourth-order valence-corrected chi connectivity index (χ4v) is 0.718. The van der Waals surface area contributed by atoms with Crippen LogP contribution in [0, 0.1) is 0 Å². The molecule has 1 rings (SSSR count). The Hall–Kier alpha value is -1.38. The van der Waals surface area contributed by atoms with E-state index in [0.717, 1.165) is 5.56 Å². The number of halogens is 1. The van der Waals surface area contributed by atoms with Crippen molar-refractivity contribution < 1.29 is 14.3 Å². The number of carbonyl (C=O) groups is 1. The van der Waals surface area contributed by atoms with Crippen LogP contribution in [0.25, 0.3) is 0 Å². The molecule has 0 saturated carbocycles. The first kappa shape index (κ1) is 15.1. The molecule has 0 amide bonds. The molecular weight excluding hydrogens is 183 g/mol. The lowest BCUT2D eigenvalue weighted by atomic mass is 10.1. The summed E-state index contributed by atoms with van der Waals surface area (Å²) in [7, 11) is 0. The second kappa shape index (κ2) is 11.6. The van der Waals surface area contributed by atoms with Crippen LogP contribution in [0.1, 0.15) is 32.5 Å². The third-order valence-electron chi connectivity index (χ3n) is 1.26. The molecule has 0 aromatic heterocycles. The van der Waals surface area contributed by atoms with Crippen molar-refractivity contribution in [2.45, 2.75) is 26.9 Å². The molecule has 14 heavy (non-hydrogen) atoms. The summed E-state index contributed by atoms with van der Waals surface area (Å²) >= 11 is 0. The summed E-state index contributed by atoms with van der Waals surface area (Å²) in [5, 5.41) is 6.89. The van der Waals surface area contributed by atoms with E-state index in [4.69, 9.17) is 9.90 Å². The molecule has 80 valence electrons. The fraction of sp³-hybridized carbons (Fsp3) is 0.364. The van der Waals surface area contributed by atoms with Gasteiger partial charge in [-0.25, -0.2) is 4.39 Å². The summed E-state index contributed by atoms with van der Waals surface area (Å²) in [5.41, 5.74) is 0.748. The summed E-state index contributed by atoms with van der Waals surface area (Å²) in [5.74, 6) is 0. The van der Waals surface area contributed by atoms with E-state index in [2.05, 4.69) is 0 Å². The number of carboxylic acid groups (broad SMARTS) is 1. The van der Waals surface area contributed by atoms with E-state index in [9.17, 15) is 4.39 Å². The van der Waals surface area contributed by atoms with E-state index in [1.807, 2.05) is 32.0 Å². The van der Waals surface area contributed by atoms with Crippen LogP contribution in [0.3, 0.4) is 0 Å². The molecule has 1 atom stereocenters. The van der Waals surface area contributed by atoms with Crippen LogP contribution in [0.5, 0.6) is 0 Å². The van der Waals surface area contributed by atoms with Gasteiger partial charge in [0.2, 0.25) is 0 Å². The van der Waals surface area contributed by atoms with Crippen molar-refractivity contribution in [3.8, 4) is 0 Å². The third kappa shape index (κ3) is 8.71. The van der Waals surface area contributed by atoms with Crippen molar-refractivity contribution >= 4 is 6.47 Å². The van der Waals surface area contributed by atoms with E-state index in [-0.39, 0.29) is 6.47 Å². The summed E-state index contributed by atoms with van der Waals surface area (Å²) in [6.07, 6.45) is -0.841. The lowest BCUT2D eigenvalue weighted by Gasteiger charge is -1.98. The Kier molecular flexibility index (Phi) is 12.5. The molecule has 2 nitrogen and oxygen atoms in total. The monoisotopic (exact) mass is 200 g/mol. The lowest BCUT2D eigenvalue weighted by Crippen LogP contribution is -1.81. The Morgan fingerprint density at radius 3 is 1.86 bits per heavy atom. The van der Waals surface area contributed by atoms with E-state index in [1.54, 1.807) is 12.1 Å². The Morgan fingerprint density at radius 2 is 1.64 bits per heavy atom. The molecule has 0 bridgehead atoms. The molecule has 1 unspecified atom stereocenters. The first-order chi connectivity index (χ1) is 6.72. The Morgan fingerprint density at radius 1 is 1.29 bits per heavy atom. The Labute approximate surface area is 84.4 Å². The molecule has 0 aliphatic carbocycles. The molecule has 1 aromatic carbocycles. The summed E-state index contributed by atoms with van der Waals surface area (Å²) < 4.78 is 12.4. The predicted octanol–water partition coefficient (Wildman–Crippen LogP) is 3.44. The van der Waals surface area contributed by atoms with Crippen molar-refractivity contribution in [3.63, 3.8) is 0 Å². The summed E-state index contributed by atoms with van der Waals surface area (Å²) in [6, 6.07) is 9.12. The number of benzene rings is 1. The highest BCUT2D eigenvalue weighted by Gasteiger charge is 1.97. The van der Waals surface area contributed by atoms with Gasteiger partial charge < -0.3 is 5.11 Å². The lowest BCUT2D eigenvalue weighted by molar-refractivity contribution is -0.122. The van der Waals surface area contributed by atoms with Gasteiger partial charge in [0.05, 0.1) is 0 Å². The first-order valence-corrected chi connectivity index (χ1v) is 4.49. The number of hydrogen-bond donors (Lipinski definition) is 1. The van der Waals surface area contributed by atoms with Gasteiger partial charge in [-0.1, -0.05) is 44.2 Å². The number of alkyl halides is 1. The SMILES string of the molecule is CC.CC(F)c1ccccc1.O=CO. The molecule has 0 fully saturated rings. The Bertz CT molecular complexity index is 210. The maximum absolute atomic E-state index is 12.4. The number of hydrogen-bond acceptors (Lipinski definition) is 1. The van der Waals surface area contributed by atoms with Gasteiger partial charge in [0, 0.05) is 0 Å². The minimum atomic E-state index is -0.841. The van der Waals surface area contributed by atoms with Gasteiger partial charge in [-0.05, 0) is 12.5 Å². The topological polar surface area (TPSA) is 37.3 Å². The average molecular weight is 200 g/mol. The van der Waals surface area contributed by atoms with E-state index in [1.165, 1.54) is 6.92 Å². The largest absolute Gasteiger partial charge is 0.483 e. The molecule has 0 aliphatic heterocycles. The molecule has 1 N–H and O–H groups in total. The second-order valence-electron chi connectivity index (χ2n) is 2.13. The molecular formula is C11H17FO2. The third-order valence-corrected chi connectivity index (χ3v) is 1.26. The standard InChI is InChI=1S/C8H9F.C2H6.CH2O2/c1-7(9)8-5-3-2-4-6-8;1-2;2-1-3/h2-7H,1H3;1-2H3;1H,(H,2,3). The minimum absolute atomic E-state index is 0.250. The fourth-order valence-electron chi connectivity index (χ4n) is 0.718. The van der Waals surface area contributed by atoms with Crippen LogP contribution in [-0.4, -0.2) is 11.6 Å². The first-order valence-electron chi connectivity index (χ1n) is 4.49. The second-order valence-corrected chi connectivity index (χ2v) is 2.13. The van der Waals surface area contributed by atoms with Gasteiger partial charge >= 0.3 is 0 Å². The van der Waals surface area contributed by atoms with Crippen LogP contribution in [-0.2, 0) is 4.79 Å². The van der Waals surface area contributed by atoms with Crippen molar-refractivity contribution in [2.75, 3.05) is 0 Å². The van der Waals surface area contributed by atoms with E-state index in [0.29, 0.717) is 0 Å². The predicted molar refractivity (Wildman–Crippen MR) is 56.0 cm³/mol. The van der Waals surface area contributed by atoms with Crippen LogP contribution in [0.4, 0.5) is 4.39 Å². The summed E-state index contributed by atoms with van der Waals surface area (Å²) in [6.45, 7) is 5.29. The average Bonchev–Trinajstić information content (AvgIpc) is 2.23. The minimum Gasteiger partial charge on any atom is -0.483 e. The molecule has 0 saturated heterocycles. The molecule has 0 radical (unpaired) electrons. The molecule has 1 aromatic rings. The zero-order valence-corrected chi connectivity index (χ0v) is 8.77. The summed E-state index contributed by atoms with van der Waals surface area (Å²) in [4.78, 5) is 8.36. The van der Waals surface area contributed by atoms with E-state index >= 15 is 0 Å². The van der Waals surface area contributed by atoms with Gasteiger partial charge in [-0.3, -0.25) is 4.79 Å². The van der Waals surface area contributed by atoms with Gasteiger partial charge in [-0.2, -0.15) is 0 Å². The van der Waals surface area contributed by atoms with Crippen molar-refractivity contribution in [3.05, 3.63) is 35.9 Å². The zero-order valence-electron chi connectivity index (χ0n) is 8.77. The normalized spacial score (nSPS) is 9.71. The van der Waals surface area contributed by atoms with Crippen molar-refractivity contribution in [2.24, 2.45) is 0 Å². The van der Waals surface area contributed by atoms with Crippen LogP contribution < -0.4 is 0 Å². The highest BCUT2D eigenvalue weighted by Crippen LogP contribution is 2.14. The van der Waals surface area contributed by atoms with Crippen molar-refractivity contribution in [1.82, 2.24) is 0 Å². The zero-order chi connectivity index (χ0) is 11.4. The molecule has 0 aliphatic rings. The van der Waals surface area contributed by atoms with Gasteiger partial charge in [-0.15, -0.1) is 0 Å². The highest BCUT2D eigenvalue weighted by atomic mass is 19.1. The van der Waals surface area contributed by atoms with Crippen LogP contribution in [0.2, 0.25) is 0 Å². The molecule has 3 heteroatoms. The van der Waals surface area contributed by atoms with Gasteiger partial charge in [0.1, 0.15) is 6.17 Å². The quantitative estimate of drug-likeness (QED) is 0.705. The maximum atomic E-state index is 12.4. The smallest absolute Gasteiger partial charge is 0.290 e. The van der Waals surface area contributed by atoms with Gasteiger partial charge in [0.25, 0.3) is 6.47 Å². The van der Waals surface area contributed by atoms with Crippen LogP contribution >= 0.6 is 0 Å². The van der Waals surface area contributed by atoms with E-state index < -0.39 is 6.17 Å². The Balaban J connectivity index is 0. The molecule has 0 heterocycles.